The zero-order valence-corrected chi connectivity index (χ0v) is 16.1. The Morgan fingerprint density at radius 3 is 2.14 bits per heavy atom. The van der Waals surface area contributed by atoms with E-state index >= 15 is 0 Å². The summed E-state index contributed by atoms with van der Waals surface area (Å²) in [7, 11) is -1.94. The van der Waals surface area contributed by atoms with E-state index in [0.29, 0.717) is 5.75 Å². The van der Waals surface area contributed by atoms with Gasteiger partial charge in [-0.25, -0.2) is 4.79 Å². The summed E-state index contributed by atoms with van der Waals surface area (Å²) in [4.78, 5) is 12.2. The molecule has 0 N–H and O–H groups in total. The zero-order chi connectivity index (χ0) is 16.8. The fourth-order valence-corrected chi connectivity index (χ4v) is 3.44. The Kier molecular flexibility index (Phi) is 4.59. The fraction of sp³-hybridized carbons (Fsp3) is 0.562. The Bertz CT molecular complexity index is 562. The van der Waals surface area contributed by atoms with Crippen LogP contribution < -0.4 is 4.74 Å². The van der Waals surface area contributed by atoms with Crippen LogP contribution in [0.15, 0.2) is 24.3 Å². The quantitative estimate of drug-likeness (QED) is 0.554. The number of hydrogen-bond donors (Lipinski definition) is 0. The Hall–Kier alpha value is -0.713. The monoisotopic (exact) mass is 360 g/mol. The van der Waals surface area contributed by atoms with E-state index in [1.807, 2.05) is 43.9 Å². The van der Waals surface area contributed by atoms with Crippen molar-refractivity contribution in [2.75, 3.05) is 0 Å². The van der Waals surface area contributed by atoms with Crippen LogP contribution in [0.25, 0.3) is 0 Å². The number of carbonyl (C=O) groups excluding carboxylic acids is 1. The van der Waals surface area contributed by atoms with Crippen molar-refractivity contribution in [3.05, 3.63) is 29.8 Å². The van der Waals surface area contributed by atoms with Gasteiger partial charge in [-0.1, -0.05) is 12.1 Å². The maximum atomic E-state index is 12.2. The van der Waals surface area contributed by atoms with Crippen LogP contribution >= 0.6 is 23.2 Å². The molecule has 1 atom stereocenters. The smallest absolute Gasteiger partial charge is 0.336 e. The molecule has 122 valence electrons. The van der Waals surface area contributed by atoms with E-state index in [1.165, 1.54) is 0 Å². The minimum absolute atomic E-state index is 0.176. The van der Waals surface area contributed by atoms with Gasteiger partial charge in [-0.05, 0) is 57.6 Å². The van der Waals surface area contributed by atoms with Crippen molar-refractivity contribution in [1.29, 1.82) is 0 Å². The first-order valence-corrected chi connectivity index (χ1v) is 11.5. The number of carbonyl (C=O) groups is 1. The predicted octanol–water partition coefficient (Wildman–Crippen LogP) is 4.88. The third-order valence-electron chi connectivity index (χ3n) is 3.37. The average Bonchev–Trinajstić information content (AvgIpc) is 2.96. The van der Waals surface area contributed by atoms with Crippen LogP contribution in [0, 0.1) is 0 Å². The van der Waals surface area contributed by atoms with Crippen molar-refractivity contribution in [3.8, 4) is 5.75 Å². The minimum atomic E-state index is -1.94. The normalized spacial score (nSPS) is 20.4. The summed E-state index contributed by atoms with van der Waals surface area (Å²) in [6.07, 6.45) is 0.768. The molecule has 1 aromatic rings. The largest absolute Gasteiger partial charge is 0.517 e. The molecule has 2 rings (SSSR count). The zero-order valence-electron chi connectivity index (χ0n) is 13.6. The van der Waals surface area contributed by atoms with Gasteiger partial charge in [0.1, 0.15) is 10.1 Å². The standard InChI is InChI=1S/C16H22Cl2O3Si/c1-15(2,14(19)21-22(3,4)5)20-12-8-6-11(7-9-12)13-10-16(13,17)18/h6-9,13H,10H2,1-5H3. The van der Waals surface area contributed by atoms with Crippen LogP contribution in [0.5, 0.6) is 5.75 Å². The molecule has 0 heterocycles. The van der Waals surface area contributed by atoms with Gasteiger partial charge in [-0.2, -0.15) is 0 Å². The molecule has 3 nitrogen and oxygen atoms in total. The van der Waals surface area contributed by atoms with Gasteiger partial charge in [-0.15, -0.1) is 23.2 Å². The number of benzene rings is 1. The Morgan fingerprint density at radius 1 is 1.23 bits per heavy atom. The van der Waals surface area contributed by atoms with Gasteiger partial charge in [0.25, 0.3) is 0 Å². The lowest BCUT2D eigenvalue weighted by molar-refractivity contribution is -0.150. The van der Waals surface area contributed by atoms with E-state index in [2.05, 4.69) is 0 Å². The average molecular weight is 361 g/mol. The van der Waals surface area contributed by atoms with E-state index in [-0.39, 0.29) is 11.9 Å². The van der Waals surface area contributed by atoms with Gasteiger partial charge in [0.2, 0.25) is 8.32 Å². The molecule has 1 fully saturated rings. The molecule has 1 aromatic carbocycles. The summed E-state index contributed by atoms with van der Waals surface area (Å²) in [6.45, 7) is 9.33. The molecule has 0 bridgehead atoms. The number of ether oxygens (including phenoxy) is 1. The molecule has 0 spiro atoms. The van der Waals surface area contributed by atoms with E-state index in [4.69, 9.17) is 32.4 Å². The second kappa shape index (κ2) is 5.73. The van der Waals surface area contributed by atoms with E-state index < -0.39 is 18.3 Å². The summed E-state index contributed by atoms with van der Waals surface area (Å²) in [5, 5.41) is 0. The molecule has 1 unspecified atom stereocenters. The highest BCUT2D eigenvalue weighted by atomic mass is 35.5. The van der Waals surface area contributed by atoms with Crippen molar-refractivity contribution in [1.82, 2.24) is 0 Å². The lowest BCUT2D eigenvalue weighted by atomic mass is 10.1. The number of rotatable bonds is 5. The maximum absolute atomic E-state index is 12.2. The second-order valence-electron chi connectivity index (χ2n) is 7.20. The molecule has 0 radical (unpaired) electrons. The highest BCUT2D eigenvalue weighted by Crippen LogP contribution is 2.59. The van der Waals surface area contributed by atoms with Crippen molar-refractivity contribution >= 4 is 37.5 Å². The molecule has 22 heavy (non-hydrogen) atoms. The first-order chi connectivity index (χ1) is 9.91. The van der Waals surface area contributed by atoms with Crippen molar-refractivity contribution in [2.45, 2.75) is 55.8 Å². The van der Waals surface area contributed by atoms with Gasteiger partial charge >= 0.3 is 5.97 Å². The van der Waals surface area contributed by atoms with E-state index in [9.17, 15) is 4.79 Å². The highest BCUT2D eigenvalue weighted by molar-refractivity contribution is 6.71. The molecule has 0 aromatic heterocycles. The van der Waals surface area contributed by atoms with Crippen LogP contribution in [-0.2, 0) is 9.22 Å². The van der Waals surface area contributed by atoms with Gasteiger partial charge in [0.15, 0.2) is 5.60 Å². The van der Waals surface area contributed by atoms with Crippen molar-refractivity contribution in [3.63, 3.8) is 0 Å². The van der Waals surface area contributed by atoms with Gasteiger partial charge in [-0.3, -0.25) is 0 Å². The molecular weight excluding hydrogens is 339 g/mol. The van der Waals surface area contributed by atoms with Crippen LogP contribution in [0.1, 0.15) is 31.7 Å². The number of hydrogen-bond acceptors (Lipinski definition) is 3. The van der Waals surface area contributed by atoms with Crippen molar-refractivity contribution in [2.24, 2.45) is 0 Å². The molecule has 0 saturated heterocycles. The highest BCUT2D eigenvalue weighted by Gasteiger charge is 2.52. The lowest BCUT2D eigenvalue weighted by Crippen LogP contribution is -2.44. The molecule has 1 aliphatic carbocycles. The summed E-state index contributed by atoms with van der Waals surface area (Å²) in [5.74, 6) is 0.463. The van der Waals surface area contributed by atoms with Crippen LogP contribution in [0.4, 0.5) is 0 Å². The molecule has 0 aliphatic heterocycles. The molecule has 1 aliphatic rings. The lowest BCUT2D eigenvalue weighted by Gasteiger charge is -2.28. The first kappa shape index (κ1) is 17.6. The Labute approximate surface area is 143 Å². The SMILES string of the molecule is CC(C)(Oc1ccc(C2CC2(Cl)Cl)cc1)C(=O)O[Si](C)(C)C. The summed E-state index contributed by atoms with van der Waals surface area (Å²) >= 11 is 12.1. The Morgan fingerprint density at radius 2 is 1.73 bits per heavy atom. The van der Waals surface area contributed by atoms with Gasteiger partial charge < -0.3 is 9.16 Å². The van der Waals surface area contributed by atoms with E-state index in [1.54, 1.807) is 13.8 Å². The Balaban J connectivity index is 2.02. The second-order valence-corrected chi connectivity index (χ2v) is 13.2. The summed E-state index contributed by atoms with van der Waals surface area (Å²) in [5.41, 5.74) is 0.0595. The third kappa shape index (κ3) is 4.40. The van der Waals surface area contributed by atoms with E-state index in [0.717, 1.165) is 12.0 Å². The maximum Gasteiger partial charge on any atom is 0.336 e. The van der Waals surface area contributed by atoms with Crippen LogP contribution in [0.3, 0.4) is 0 Å². The fourth-order valence-electron chi connectivity index (χ4n) is 2.08. The third-order valence-corrected chi connectivity index (χ3v) is 5.01. The topological polar surface area (TPSA) is 35.5 Å². The molecule has 1 saturated carbocycles. The summed E-state index contributed by atoms with van der Waals surface area (Å²) in [6, 6.07) is 7.54. The summed E-state index contributed by atoms with van der Waals surface area (Å²) < 4.78 is 10.7. The van der Waals surface area contributed by atoms with Crippen LogP contribution in [0.2, 0.25) is 19.6 Å². The molecular formula is C16H22Cl2O3Si. The molecule has 6 heteroatoms. The minimum Gasteiger partial charge on any atom is -0.517 e. The van der Waals surface area contributed by atoms with Crippen LogP contribution in [-0.4, -0.2) is 24.2 Å². The van der Waals surface area contributed by atoms with Gasteiger partial charge in [0, 0.05) is 5.92 Å². The van der Waals surface area contributed by atoms with Crippen molar-refractivity contribution < 1.29 is 14.0 Å². The predicted molar refractivity (Wildman–Crippen MR) is 92.4 cm³/mol. The van der Waals surface area contributed by atoms with Gasteiger partial charge in [0.05, 0.1) is 0 Å². The molecule has 0 amide bonds. The number of halogens is 2. The number of alkyl halides is 2. The first-order valence-electron chi connectivity index (χ1n) is 7.31.